The van der Waals surface area contributed by atoms with Crippen molar-refractivity contribution in [2.24, 2.45) is 0 Å². The molecule has 0 spiro atoms. The van der Waals surface area contributed by atoms with Gasteiger partial charge in [-0.2, -0.15) is 0 Å². The quantitative estimate of drug-likeness (QED) is 0.840. The summed E-state index contributed by atoms with van der Waals surface area (Å²) < 4.78 is 0. The van der Waals surface area contributed by atoms with Crippen molar-refractivity contribution in [2.45, 2.75) is 32.7 Å². The summed E-state index contributed by atoms with van der Waals surface area (Å²) in [4.78, 5) is 6.77. The minimum Gasteiger partial charge on any atom is -0.398 e. The highest BCUT2D eigenvalue weighted by molar-refractivity contribution is 5.98. The Labute approximate surface area is 109 Å². The van der Waals surface area contributed by atoms with Gasteiger partial charge < -0.3 is 10.6 Å². The molecule has 0 saturated carbocycles. The highest BCUT2D eigenvalue weighted by Gasteiger charge is 2.23. The second-order valence-electron chi connectivity index (χ2n) is 5.30. The molecule has 0 aliphatic carbocycles. The van der Waals surface area contributed by atoms with Gasteiger partial charge in [-0.25, -0.2) is 0 Å². The van der Waals surface area contributed by atoms with E-state index in [0.29, 0.717) is 0 Å². The summed E-state index contributed by atoms with van der Waals surface area (Å²) in [7, 11) is 2.11. The zero-order valence-electron chi connectivity index (χ0n) is 11.6. The molecule has 0 atom stereocenters. The van der Waals surface area contributed by atoms with Gasteiger partial charge in [-0.05, 0) is 44.5 Å². The van der Waals surface area contributed by atoms with E-state index in [2.05, 4.69) is 43.8 Å². The lowest BCUT2D eigenvalue weighted by Crippen LogP contribution is -2.40. The fraction of sp³-hybridized carbons (Fsp3) is 0.400. The Hall–Kier alpha value is -1.77. The normalized spacial score (nSPS) is 11.8. The van der Waals surface area contributed by atoms with E-state index in [9.17, 15) is 0 Å². The molecule has 0 bridgehead atoms. The number of nitrogen functional groups attached to an aromatic ring is 1. The number of aromatic nitrogens is 1. The van der Waals surface area contributed by atoms with Crippen molar-refractivity contribution in [2.75, 3.05) is 17.7 Å². The molecule has 0 fully saturated rings. The van der Waals surface area contributed by atoms with Crippen molar-refractivity contribution in [3.05, 3.63) is 30.5 Å². The zero-order chi connectivity index (χ0) is 13.3. The topological polar surface area (TPSA) is 42.1 Å². The van der Waals surface area contributed by atoms with E-state index in [1.165, 1.54) is 0 Å². The SMILES string of the molecule is CCC(C)(C)N(C)c1ccc(N)c2cccnc12. The monoisotopic (exact) mass is 243 g/mol. The third-order valence-electron chi connectivity index (χ3n) is 3.92. The van der Waals surface area contributed by atoms with Gasteiger partial charge in [-0.1, -0.05) is 6.92 Å². The van der Waals surface area contributed by atoms with E-state index in [-0.39, 0.29) is 5.54 Å². The van der Waals surface area contributed by atoms with Crippen LogP contribution in [0.1, 0.15) is 27.2 Å². The first-order valence-electron chi connectivity index (χ1n) is 6.34. The van der Waals surface area contributed by atoms with Crippen LogP contribution in [0.5, 0.6) is 0 Å². The summed E-state index contributed by atoms with van der Waals surface area (Å²) in [6, 6.07) is 7.96. The number of pyridine rings is 1. The first-order valence-corrected chi connectivity index (χ1v) is 6.34. The lowest BCUT2D eigenvalue weighted by atomic mass is 9.98. The Bertz CT molecular complexity index is 561. The highest BCUT2D eigenvalue weighted by Crippen LogP contribution is 2.32. The zero-order valence-corrected chi connectivity index (χ0v) is 11.6. The maximum Gasteiger partial charge on any atom is 0.0956 e. The molecule has 18 heavy (non-hydrogen) atoms. The van der Waals surface area contributed by atoms with Crippen molar-refractivity contribution in [1.82, 2.24) is 4.98 Å². The van der Waals surface area contributed by atoms with E-state index in [4.69, 9.17) is 5.73 Å². The van der Waals surface area contributed by atoms with E-state index >= 15 is 0 Å². The van der Waals surface area contributed by atoms with Crippen molar-refractivity contribution in [3.63, 3.8) is 0 Å². The molecule has 2 aromatic rings. The summed E-state index contributed by atoms with van der Waals surface area (Å²) in [6.07, 6.45) is 2.89. The molecule has 0 aliphatic rings. The predicted molar refractivity (Wildman–Crippen MR) is 78.9 cm³/mol. The summed E-state index contributed by atoms with van der Waals surface area (Å²) in [5.74, 6) is 0. The van der Waals surface area contributed by atoms with Crippen molar-refractivity contribution in [3.8, 4) is 0 Å². The van der Waals surface area contributed by atoms with Crippen LogP contribution in [0.4, 0.5) is 11.4 Å². The summed E-state index contributed by atoms with van der Waals surface area (Å²) >= 11 is 0. The molecule has 1 aromatic heterocycles. The van der Waals surface area contributed by atoms with Gasteiger partial charge in [0.2, 0.25) is 0 Å². The first-order chi connectivity index (χ1) is 8.47. The Kier molecular flexibility index (Phi) is 3.16. The van der Waals surface area contributed by atoms with Gasteiger partial charge in [0, 0.05) is 29.9 Å². The molecule has 3 nitrogen and oxygen atoms in total. The van der Waals surface area contributed by atoms with Crippen LogP contribution >= 0.6 is 0 Å². The van der Waals surface area contributed by atoms with Crippen LogP contribution in [-0.2, 0) is 0 Å². The molecule has 0 aliphatic heterocycles. The molecule has 1 aromatic carbocycles. The third-order valence-corrected chi connectivity index (χ3v) is 3.92. The summed E-state index contributed by atoms with van der Waals surface area (Å²) in [6.45, 7) is 6.67. The average Bonchev–Trinajstić information content (AvgIpc) is 2.39. The Balaban J connectivity index is 2.62. The van der Waals surface area contributed by atoms with Crippen molar-refractivity contribution >= 4 is 22.3 Å². The fourth-order valence-electron chi connectivity index (χ4n) is 2.01. The van der Waals surface area contributed by atoms with Gasteiger partial charge in [0.05, 0.1) is 11.2 Å². The average molecular weight is 243 g/mol. The second-order valence-corrected chi connectivity index (χ2v) is 5.30. The smallest absolute Gasteiger partial charge is 0.0956 e. The number of nitrogens with two attached hydrogens (primary N) is 1. The number of anilines is 2. The van der Waals surface area contributed by atoms with E-state index in [1.54, 1.807) is 0 Å². The molecular formula is C15H21N3. The summed E-state index contributed by atoms with van der Waals surface area (Å²) in [5, 5.41) is 1.02. The van der Waals surface area contributed by atoms with Gasteiger partial charge in [-0.3, -0.25) is 4.98 Å². The number of nitrogens with zero attached hydrogens (tertiary/aromatic N) is 2. The van der Waals surface area contributed by atoms with E-state index < -0.39 is 0 Å². The van der Waals surface area contributed by atoms with Crippen LogP contribution in [0, 0.1) is 0 Å². The highest BCUT2D eigenvalue weighted by atomic mass is 15.2. The van der Waals surface area contributed by atoms with Crippen LogP contribution in [0.25, 0.3) is 10.9 Å². The number of fused-ring (bicyclic) bond motifs is 1. The number of hydrogen-bond acceptors (Lipinski definition) is 3. The van der Waals surface area contributed by atoms with Crippen LogP contribution in [0.2, 0.25) is 0 Å². The molecule has 3 heteroatoms. The van der Waals surface area contributed by atoms with E-state index in [1.807, 2.05) is 24.4 Å². The first kappa shape index (κ1) is 12.7. The molecule has 0 saturated heterocycles. The molecule has 2 N–H and O–H groups in total. The molecular weight excluding hydrogens is 222 g/mol. The van der Waals surface area contributed by atoms with Crippen LogP contribution in [0.15, 0.2) is 30.5 Å². The van der Waals surface area contributed by atoms with Crippen molar-refractivity contribution in [1.29, 1.82) is 0 Å². The summed E-state index contributed by atoms with van der Waals surface area (Å²) in [5.41, 5.74) is 8.99. The standard InChI is InChI=1S/C15H21N3/c1-5-15(2,3)18(4)13-9-8-12(16)11-7-6-10-17-14(11)13/h6-10H,5,16H2,1-4H3. The van der Waals surface area contributed by atoms with Crippen molar-refractivity contribution < 1.29 is 0 Å². The maximum absolute atomic E-state index is 6.01. The third kappa shape index (κ3) is 2.01. The predicted octanol–water partition coefficient (Wildman–Crippen LogP) is 3.44. The molecule has 1 heterocycles. The lowest BCUT2D eigenvalue weighted by molar-refractivity contribution is 0.471. The number of benzene rings is 1. The maximum atomic E-state index is 6.01. The van der Waals surface area contributed by atoms with Crippen LogP contribution in [-0.4, -0.2) is 17.6 Å². The van der Waals surface area contributed by atoms with E-state index in [0.717, 1.165) is 28.7 Å². The Morgan fingerprint density at radius 2 is 2.00 bits per heavy atom. The van der Waals surface area contributed by atoms with Gasteiger partial charge in [-0.15, -0.1) is 0 Å². The number of rotatable bonds is 3. The Morgan fingerprint density at radius 3 is 2.67 bits per heavy atom. The fourth-order valence-corrected chi connectivity index (χ4v) is 2.01. The minimum absolute atomic E-state index is 0.0978. The Morgan fingerprint density at radius 1 is 1.28 bits per heavy atom. The molecule has 2 rings (SSSR count). The molecule has 0 amide bonds. The molecule has 96 valence electrons. The lowest BCUT2D eigenvalue weighted by Gasteiger charge is -2.37. The van der Waals surface area contributed by atoms with Gasteiger partial charge in [0.25, 0.3) is 0 Å². The second kappa shape index (κ2) is 4.48. The van der Waals surface area contributed by atoms with Gasteiger partial charge in [0.15, 0.2) is 0 Å². The van der Waals surface area contributed by atoms with Crippen LogP contribution < -0.4 is 10.6 Å². The largest absolute Gasteiger partial charge is 0.398 e. The number of hydrogen-bond donors (Lipinski definition) is 1. The molecule has 0 radical (unpaired) electrons. The van der Waals surface area contributed by atoms with Crippen LogP contribution in [0.3, 0.4) is 0 Å². The molecule has 0 unspecified atom stereocenters. The van der Waals surface area contributed by atoms with Gasteiger partial charge in [0.1, 0.15) is 0 Å². The minimum atomic E-state index is 0.0978. The van der Waals surface area contributed by atoms with Gasteiger partial charge >= 0.3 is 0 Å².